The largest absolute Gasteiger partial charge is 0.496 e. The van der Waals surface area contributed by atoms with E-state index >= 15 is 0 Å². The molecule has 3 aromatic rings. The summed E-state index contributed by atoms with van der Waals surface area (Å²) in [5, 5.41) is 15.8. The van der Waals surface area contributed by atoms with Crippen molar-refractivity contribution in [3.05, 3.63) is 60.4 Å². The van der Waals surface area contributed by atoms with Gasteiger partial charge in [0.05, 0.1) is 13.0 Å². The Hall–Kier alpha value is -3.42. The van der Waals surface area contributed by atoms with Crippen molar-refractivity contribution in [2.45, 2.75) is 19.4 Å². The van der Waals surface area contributed by atoms with Crippen molar-refractivity contribution < 1.29 is 9.53 Å². The van der Waals surface area contributed by atoms with Gasteiger partial charge in [0.2, 0.25) is 5.91 Å². The molecule has 1 N–H and O–H groups in total. The highest BCUT2D eigenvalue weighted by Crippen LogP contribution is 2.22. The van der Waals surface area contributed by atoms with E-state index in [0.29, 0.717) is 18.9 Å². The lowest BCUT2D eigenvalue weighted by Gasteiger charge is -2.32. The number of hydrogen-bond acceptors (Lipinski definition) is 6. The van der Waals surface area contributed by atoms with Crippen molar-refractivity contribution in [1.82, 2.24) is 25.3 Å². The van der Waals surface area contributed by atoms with Crippen LogP contribution in [0.4, 0.5) is 5.82 Å². The van der Waals surface area contributed by atoms with E-state index in [-0.39, 0.29) is 11.8 Å². The lowest BCUT2D eigenvalue weighted by molar-refractivity contribution is -0.125. The topological polar surface area (TPSA) is 85.2 Å². The number of carbonyl (C=O) groups excluding carboxylic acids is 1. The van der Waals surface area contributed by atoms with Gasteiger partial charge in [0, 0.05) is 37.6 Å². The number of benzene rings is 1. The van der Waals surface area contributed by atoms with Gasteiger partial charge in [-0.2, -0.15) is 5.10 Å². The predicted octanol–water partition coefficient (Wildman–Crippen LogP) is 2.20. The van der Waals surface area contributed by atoms with Crippen molar-refractivity contribution in [3.63, 3.8) is 0 Å². The van der Waals surface area contributed by atoms with Gasteiger partial charge < -0.3 is 15.0 Å². The normalized spacial score (nSPS) is 16.4. The fourth-order valence-corrected chi connectivity index (χ4v) is 3.59. The maximum absolute atomic E-state index is 12.7. The van der Waals surface area contributed by atoms with E-state index in [9.17, 15) is 4.79 Å². The van der Waals surface area contributed by atoms with Crippen LogP contribution in [0.2, 0.25) is 0 Å². The number of carbonyl (C=O) groups is 1. The zero-order valence-electron chi connectivity index (χ0n) is 16.4. The monoisotopic (exact) mass is 392 g/mol. The Kier molecular flexibility index (Phi) is 5.69. The highest BCUT2D eigenvalue weighted by molar-refractivity contribution is 5.79. The fraction of sp³-hybridized carbons (Fsp3) is 0.333. The molecular weight excluding hydrogens is 368 g/mol. The summed E-state index contributed by atoms with van der Waals surface area (Å²) in [4.78, 5) is 14.9. The number of hydrogen-bond donors (Lipinski definition) is 1. The lowest BCUT2D eigenvalue weighted by Crippen LogP contribution is -2.43. The lowest BCUT2D eigenvalue weighted by atomic mass is 9.97. The zero-order chi connectivity index (χ0) is 20.1. The molecule has 1 aliphatic rings. The van der Waals surface area contributed by atoms with Crippen molar-refractivity contribution in [3.8, 4) is 11.6 Å². The Morgan fingerprint density at radius 1 is 1.17 bits per heavy atom. The van der Waals surface area contributed by atoms with Gasteiger partial charge >= 0.3 is 0 Å². The molecule has 0 aliphatic carbocycles. The van der Waals surface area contributed by atoms with Crippen LogP contribution >= 0.6 is 0 Å². The molecule has 4 rings (SSSR count). The molecule has 0 saturated carbocycles. The molecular formula is C21H24N6O2. The highest BCUT2D eigenvalue weighted by atomic mass is 16.5. The Bertz CT molecular complexity index is 942. The maximum Gasteiger partial charge on any atom is 0.225 e. The van der Waals surface area contributed by atoms with Crippen LogP contribution < -0.4 is 15.0 Å². The quantitative estimate of drug-likeness (QED) is 0.692. The van der Waals surface area contributed by atoms with E-state index in [1.165, 1.54) is 0 Å². The second kappa shape index (κ2) is 8.72. The van der Waals surface area contributed by atoms with Crippen molar-refractivity contribution in [1.29, 1.82) is 0 Å². The summed E-state index contributed by atoms with van der Waals surface area (Å²) in [6.07, 6.45) is 5.34. The number of anilines is 1. The van der Waals surface area contributed by atoms with Crippen molar-refractivity contribution in [2.24, 2.45) is 5.92 Å². The SMILES string of the molecule is COc1ccccc1CNC(=O)C1CCCN(c2ccc(-n3cccn3)nn2)C1. The summed E-state index contributed by atoms with van der Waals surface area (Å²) in [6, 6.07) is 13.4. The summed E-state index contributed by atoms with van der Waals surface area (Å²) in [6.45, 7) is 1.96. The molecule has 1 aliphatic heterocycles. The minimum Gasteiger partial charge on any atom is -0.496 e. The molecule has 0 spiro atoms. The Balaban J connectivity index is 1.37. The van der Waals surface area contributed by atoms with E-state index in [0.717, 1.165) is 36.5 Å². The molecule has 1 amide bonds. The summed E-state index contributed by atoms with van der Waals surface area (Å²) >= 11 is 0. The maximum atomic E-state index is 12.7. The van der Waals surface area contributed by atoms with Gasteiger partial charge in [0.25, 0.3) is 0 Å². The van der Waals surface area contributed by atoms with Crippen LogP contribution in [0.1, 0.15) is 18.4 Å². The number of rotatable bonds is 6. The molecule has 29 heavy (non-hydrogen) atoms. The fourth-order valence-electron chi connectivity index (χ4n) is 3.59. The molecule has 8 heteroatoms. The summed E-state index contributed by atoms with van der Waals surface area (Å²) in [7, 11) is 1.64. The first-order valence-electron chi connectivity index (χ1n) is 9.73. The number of nitrogens with one attached hydrogen (secondary N) is 1. The van der Waals surface area contributed by atoms with Gasteiger partial charge in [-0.05, 0) is 37.1 Å². The molecule has 3 heterocycles. The van der Waals surface area contributed by atoms with Crippen LogP contribution in [0.15, 0.2) is 54.9 Å². The average Bonchev–Trinajstić information content (AvgIpc) is 3.33. The van der Waals surface area contributed by atoms with Gasteiger partial charge in [-0.25, -0.2) is 4.68 Å². The van der Waals surface area contributed by atoms with Gasteiger partial charge in [-0.15, -0.1) is 10.2 Å². The number of amides is 1. The second-order valence-corrected chi connectivity index (χ2v) is 7.02. The van der Waals surface area contributed by atoms with E-state index in [4.69, 9.17) is 4.74 Å². The first-order valence-corrected chi connectivity index (χ1v) is 9.73. The number of para-hydroxylation sites is 1. The molecule has 1 atom stereocenters. The van der Waals surface area contributed by atoms with Crippen LogP contribution in [0.3, 0.4) is 0 Å². The first-order chi connectivity index (χ1) is 14.2. The average molecular weight is 392 g/mol. The third-order valence-corrected chi connectivity index (χ3v) is 5.14. The summed E-state index contributed by atoms with van der Waals surface area (Å²) in [5.74, 6) is 2.21. The number of methoxy groups -OCH3 is 1. The predicted molar refractivity (Wildman–Crippen MR) is 109 cm³/mol. The van der Waals surface area contributed by atoms with Gasteiger partial charge in [-0.3, -0.25) is 4.79 Å². The molecule has 2 aromatic heterocycles. The molecule has 1 fully saturated rings. The molecule has 0 bridgehead atoms. The second-order valence-electron chi connectivity index (χ2n) is 7.02. The van der Waals surface area contributed by atoms with Crippen LogP contribution in [0, 0.1) is 5.92 Å². The zero-order valence-corrected chi connectivity index (χ0v) is 16.4. The number of aromatic nitrogens is 4. The smallest absolute Gasteiger partial charge is 0.225 e. The van der Waals surface area contributed by atoms with Crippen LogP contribution in [-0.2, 0) is 11.3 Å². The highest BCUT2D eigenvalue weighted by Gasteiger charge is 2.26. The molecule has 8 nitrogen and oxygen atoms in total. The van der Waals surface area contributed by atoms with Gasteiger partial charge in [0.15, 0.2) is 11.6 Å². The Morgan fingerprint density at radius 2 is 2.00 bits per heavy atom. The molecule has 1 aromatic carbocycles. The summed E-state index contributed by atoms with van der Waals surface area (Å²) in [5.41, 5.74) is 0.969. The van der Waals surface area contributed by atoms with E-state index < -0.39 is 0 Å². The van der Waals surface area contributed by atoms with Crippen LogP contribution in [0.25, 0.3) is 5.82 Å². The van der Waals surface area contributed by atoms with E-state index in [1.54, 1.807) is 18.0 Å². The van der Waals surface area contributed by atoms with E-state index in [2.05, 4.69) is 25.5 Å². The van der Waals surface area contributed by atoms with Gasteiger partial charge in [-0.1, -0.05) is 18.2 Å². The van der Waals surface area contributed by atoms with Crippen LogP contribution in [0.5, 0.6) is 5.75 Å². The third kappa shape index (κ3) is 4.37. The standard InChI is InChI=1S/C21H24N6O2/c1-29-18-8-3-2-6-16(18)14-22-21(28)17-7-4-12-26(15-17)19-9-10-20(25-24-19)27-13-5-11-23-27/h2-3,5-6,8-11,13,17H,4,7,12,14-15H2,1H3,(H,22,28). The minimum atomic E-state index is -0.0777. The minimum absolute atomic E-state index is 0.0572. The Morgan fingerprint density at radius 3 is 2.76 bits per heavy atom. The Labute approximate surface area is 169 Å². The summed E-state index contributed by atoms with van der Waals surface area (Å²) < 4.78 is 7.02. The van der Waals surface area contributed by atoms with Crippen LogP contribution in [-0.4, -0.2) is 46.1 Å². The first kappa shape index (κ1) is 18.9. The number of nitrogens with zero attached hydrogens (tertiary/aromatic N) is 5. The third-order valence-electron chi connectivity index (χ3n) is 5.14. The van der Waals surface area contributed by atoms with Crippen molar-refractivity contribution >= 4 is 11.7 Å². The van der Waals surface area contributed by atoms with Gasteiger partial charge in [0.1, 0.15) is 5.75 Å². The van der Waals surface area contributed by atoms with Crippen molar-refractivity contribution in [2.75, 3.05) is 25.1 Å². The molecule has 150 valence electrons. The molecule has 1 unspecified atom stereocenters. The molecule has 1 saturated heterocycles. The number of piperidine rings is 1. The molecule has 0 radical (unpaired) electrons. The van der Waals surface area contributed by atoms with E-state index in [1.807, 2.05) is 48.7 Å². The number of ether oxygens (including phenoxy) is 1.